The summed E-state index contributed by atoms with van der Waals surface area (Å²) in [7, 11) is -3.11. The van der Waals surface area contributed by atoms with Gasteiger partial charge in [-0.3, -0.25) is 0 Å². The first-order chi connectivity index (χ1) is 5.51. The van der Waals surface area contributed by atoms with Gasteiger partial charge in [0.05, 0.1) is 0 Å². The predicted molar refractivity (Wildman–Crippen MR) is 42.4 cm³/mol. The SMILES string of the molecule is CS(=O)(=O)Cc1nnc(CCl)o1. The Kier molecular flexibility index (Phi) is 2.69. The van der Waals surface area contributed by atoms with Gasteiger partial charge < -0.3 is 4.42 Å². The van der Waals surface area contributed by atoms with E-state index in [1.807, 2.05) is 0 Å². The molecule has 0 amide bonds. The summed E-state index contributed by atoms with van der Waals surface area (Å²) in [5.74, 6) is 0.164. The summed E-state index contributed by atoms with van der Waals surface area (Å²) < 4.78 is 26.4. The van der Waals surface area contributed by atoms with Crippen LogP contribution in [0.25, 0.3) is 0 Å². The van der Waals surface area contributed by atoms with Crippen LogP contribution in [-0.2, 0) is 21.5 Å². The van der Waals surface area contributed by atoms with Gasteiger partial charge in [-0.1, -0.05) is 0 Å². The Morgan fingerprint density at radius 3 is 2.42 bits per heavy atom. The lowest BCUT2D eigenvalue weighted by molar-refractivity contribution is 0.476. The molecule has 1 aromatic heterocycles. The molecule has 0 aliphatic carbocycles. The van der Waals surface area contributed by atoms with E-state index >= 15 is 0 Å². The molecule has 1 heterocycles. The van der Waals surface area contributed by atoms with Crippen LogP contribution in [0.15, 0.2) is 4.42 Å². The number of nitrogens with zero attached hydrogens (tertiary/aromatic N) is 2. The number of hydrogen-bond acceptors (Lipinski definition) is 5. The molecule has 0 aliphatic rings. The van der Waals surface area contributed by atoms with Crippen molar-refractivity contribution in [1.82, 2.24) is 10.2 Å². The van der Waals surface area contributed by atoms with Gasteiger partial charge in [-0.15, -0.1) is 21.8 Å². The number of sulfone groups is 1. The maximum atomic E-state index is 10.7. The molecule has 68 valence electrons. The second-order valence-corrected chi connectivity index (χ2v) is 4.70. The molecule has 0 aromatic carbocycles. The first-order valence-electron chi connectivity index (χ1n) is 3.06. The van der Waals surface area contributed by atoms with Crippen LogP contribution in [0.2, 0.25) is 0 Å². The lowest BCUT2D eigenvalue weighted by Gasteiger charge is -1.89. The van der Waals surface area contributed by atoms with Gasteiger partial charge in [0.1, 0.15) is 11.6 Å². The summed E-state index contributed by atoms with van der Waals surface area (Å²) in [4.78, 5) is 0. The maximum absolute atomic E-state index is 10.7. The highest BCUT2D eigenvalue weighted by Crippen LogP contribution is 2.05. The normalized spacial score (nSPS) is 11.8. The van der Waals surface area contributed by atoms with Crippen molar-refractivity contribution in [3.8, 4) is 0 Å². The number of halogens is 1. The van der Waals surface area contributed by atoms with Crippen molar-refractivity contribution in [1.29, 1.82) is 0 Å². The van der Waals surface area contributed by atoms with Crippen molar-refractivity contribution < 1.29 is 12.8 Å². The molecule has 0 unspecified atom stereocenters. The fourth-order valence-corrected chi connectivity index (χ4v) is 1.30. The van der Waals surface area contributed by atoms with Crippen LogP contribution < -0.4 is 0 Å². The van der Waals surface area contributed by atoms with Crippen LogP contribution >= 0.6 is 11.6 Å². The minimum Gasteiger partial charge on any atom is -0.423 e. The summed E-state index contributed by atoms with van der Waals surface area (Å²) in [5.41, 5.74) is 0. The maximum Gasteiger partial charge on any atom is 0.231 e. The first kappa shape index (κ1) is 9.47. The average Bonchev–Trinajstić information content (AvgIpc) is 2.32. The Morgan fingerprint density at radius 2 is 2.00 bits per heavy atom. The van der Waals surface area contributed by atoms with Gasteiger partial charge in [-0.2, -0.15) is 0 Å². The van der Waals surface area contributed by atoms with E-state index in [1.54, 1.807) is 0 Å². The van der Waals surface area contributed by atoms with Crippen LogP contribution in [0.1, 0.15) is 11.8 Å². The summed E-state index contributed by atoms with van der Waals surface area (Å²) in [5, 5.41) is 7.00. The van der Waals surface area contributed by atoms with Gasteiger partial charge in [-0.25, -0.2) is 8.42 Å². The van der Waals surface area contributed by atoms with E-state index in [-0.39, 0.29) is 23.4 Å². The van der Waals surface area contributed by atoms with Crippen molar-refractivity contribution >= 4 is 21.4 Å². The zero-order valence-corrected chi connectivity index (χ0v) is 7.89. The number of hydrogen-bond donors (Lipinski definition) is 0. The van der Waals surface area contributed by atoms with Gasteiger partial charge >= 0.3 is 0 Å². The monoisotopic (exact) mass is 210 g/mol. The molecule has 5 nitrogen and oxygen atoms in total. The molecule has 0 saturated heterocycles. The van der Waals surface area contributed by atoms with Gasteiger partial charge in [0.2, 0.25) is 11.8 Å². The molecule has 0 radical (unpaired) electrons. The largest absolute Gasteiger partial charge is 0.423 e. The fourth-order valence-electron chi connectivity index (χ4n) is 0.625. The molecule has 0 atom stereocenters. The van der Waals surface area contributed by atoms with Gasteiger partial charge in [0, 0.05) is 6.26 Å². The van der Waals surface area contributed by atoms with Crippen molar-refractivity contribution in [2.24, 2.45) is 0 Å². The van der Waals surface area contributed by atoms with E-state index < -0.39 is 9.84 Å². The lowest BCUT2D eigenvalue weighted by Crippen LogP contribution is -2.00. The molecule has 0 aliphatic heterocycles. The molecule has 0 bridgehead atoms. The molecule has 1 rings (SSSR count). The molecule has 0 saturated carbocycles. The molecule has 0 N–H and O–H groups in total. The van der Waals surface area contributed by atoms with Gasteiger partial charge in [0.25, 0.3) is 0 Å². The molecular formula is C5H7ClN2O3S. The minimum atomic E-state index is -3.11. The number of aromatic nitrogens is 2. The minimum absolute atomic E-state index is 0.0770. The number of alkyl halides is 1. The van der Waals surface area contributed by atoms with Crippen molar-refractivity contribution in [3.63, 3.8) is 0 Å². The third-order valence-electron chi connectivity index (χ3n) is 1.01. The average molecular weight is 211 g/mol. The third-order valence-corrected chi connectivity index (χ3v) is 2.01. The van der Waals surface area contributed by atoms with Crippen LogP contribution in [0.5, 0.6) is 0 Å². The highest BCUT2D eigenvalue weighted by molar-refractivity contribution is 7.89. The second kappa shape index (κ2) is 3.40. The van der Waals surface area contributed by atoms with E-state index in [0.29, 0.717) is 0 Å². The first-order valence-corrected chi connectivity index (χ1v) is 5.66. The Balaban J connectivity index is 2.78. The molecule has 0 spiro atoms. The second-order valence-electron chi connectivity index (χ2n) is 2.29. The highest BCUT2D eigenvalue weighted by atomic mass is 35.5. The van der Waals surface area contributed by atoms with Crippen molar-refractivity contribution in [2.45, 2.75) is 11.6 Å². The summed E-state index contributed by atoms with van der Waals surface area (Å²) >= 11 is 5.37. The molecule has 1 aromatic rings. The lowest BCUT2D eigenvalue weighted by atomic mass is 10.8. The topological polar surface area (TPSA) is 73.1 Å². The third kappa shape index (κ3) is 2.78. The van der Waals surface area contributed by atoms with Crippen molar-refractivity contribution in [3.05, 3.63) is 11.8 Å². The summed E-state index contributed by atoms with van der Waals surface area (Å²) in [6.45, 7) is 0. The van der Waals surface area contributed by atoms with Crippen LogP contribution in [0, 0.1) is 0 Å². The van der Waals surface area contributed by atoms with Crippen LogP contribution in [0.4, 0.5) is 0 Å². The summed E-state index contributed by atoms with van der Waals surface area (Å²) in [6, 6.07) is 0. The van der Waals surface area contributed by atoms with E-state index in [0.717, 1.165) is 6.26 Å². The highest BCUT2D eigenvalue weighted by Gasteiger charge is 2.11. The fraction of sp³-hybridized carbons (Fsp3) is 0.600. The smallest absolute Gasteiger partial charge is 0.231 e. The van der Waals surface area contributed by atoms with Crippen molar-refractivity contribution in [2.75, 3.05) is 6.26 Å². The number of rotatable bonds is 3. The molecule has 7 heteroatoms. The quantitative estimate of drug-likeness (QED) is 0.674. The van der Waals surface area contributed by atoms with Gasteiger partial charge in [-0.05, 0) is 0 Å². The molecule has 12 heavy (non-hydrogen) atoms. The van der Waals surface area contributed by atoms with E-state index in [1.165, 1.54) is 0 Å². The predicted octanol–water partition coefficient (Wildman–Crippen LogP) is 0.353. The summed E-state index contributed by atoms with van der Waals surface area (Å²) in [6.07, 6.45) is 1.09. The Labute approximate surface area is 74.7 Å². The Morgan fingerprint density at radius 1 is 1.42 bits per heavy atom. The zero-order valence-electron chi connectivity index (χ0n) is 6.32. The standard InChI is InChI=1S/C5H7ClN2O3S/c1-12(9,10)3-5-8-7-4(2-6)11-5/h2-3H2,1H3. The van der Waals surface area contributed by atoms with Gasteiger partial charge in [0.15, 0.2) is 9.84 Å². The molecule has 0 fully saturated rings. The van der Waals surface area contributed by atoms with Crippen LogP contribution in [-0.4, -0.2) is 24.9 Å². The zero-order chi connectivity index (χ0) is 9.19. The molecular weight excluding hydrogens is 204 g/mol. The van der Waals surface area contributed by atoms with E-state index in [2.05, 4.69) is 10.2 Å². The Hall–Kier alpha value is -0.620. The van der Waals surface area contributed by atoms with E-state index in [4.69, 9.17) is 16.0 Å². The van der Waals surface area contributed by atoms with E-state index in [9.17, 15) is 8.42 Å². The van der Waals surface area contributed by atoms with Crippen LogP contribution in [0.3, 0.4) is 0 Å². The Bertz CT molecular complexity index is 359.